The Hall–Kier alpha value is -3.18. The molecule has 2 aromatic carbocycles. The highest BCUT2D eigenvalue weighted by Crippen LogP contribution is 2.32. The number of halogens is 1. The van der Waals surface area contributed by atoms with E-state index in [1.807, 2.05) is 74.5 Å². The van der Waals surface area contributed by atoms with Gasteiger partial charge in [-0.2, -0.15) is 5.10 Å². The first-order valence-electron chi connectivity index (χ1n) is 9.94. The predicted octanol–water partition coefficient (Wildman–Crippen LogP) is 4.69. The Kier molecular flexibility index (Phi) is 5.55. The zero-order valence-electron chi connectivity index (χ0n) is 17.0. The van der Waals surface area contributed by atoms with Crippen molar-refractivity contribution in [2.75, 3.05) is 6.54 Å². The molecule has 1 N–H and O–H groups in total. The molecule has 2 aromatic heterocycles. The van der Waals surface area contributed by atoms with Gasteiger partial charge < -0.3 is 5.32 Å². The Balaban J connectivity index is 1.85. The van der Waals surface area contributed by atoms with Crippen molar-refractivity contribution in [3.05, 3.63) is 89.3 Å². The van der Waals surface area contributed by atoms with Crippen LogP contribution in [0.1, 0.15) is 25.1 Å². The normalized spacial score (nSPS) is 13.2. The van der Waals surface area contributed by atoms with Gasteiger partial charge in [-0.15, -0.1) is 0 Å². The summed E-state index contributed by atoms with van der Waals surface area (Å²) in [5.41, 5.74) is 3.64. The Labute approximate surface area is 180 Å². The maximum atomic E-state index is 13.2. The largest absolute Gasteiger partial charge is 0.356 e. The molecule has 0 bridgehead atoms. The average molecular weight is 419 g/mol. The van der Waals surface area contributed by atoms with Crippen LogP contribution >= 0.6 is 11.6 Å². The van der Waals surface area contributed by atoms with Gasteiger partial charge in [0, 0.05) is 23.3 Å². The Bertz CT molecular complexity index is 1170. The quantitative estimate of drug-likeness (QED) is 0.494. The monoisotopic (exact) mass is 418 g/mol. The summed E-state index contributed by atoms with van der Waals surface area (Å²) < 4.78 is 1.78. The van der Waals surface area contributed by atoms with E-state index in [4.69, 9.17) is 11.6 Å². The molecule has 0 aliphatic rings. The smallest absolute Gasteiger partial charge is 0.232 e. The summed E-state index contributed by atoms with van der Waals surface area (Å²) in [6, 6.07) is 19.5. The Morgan fingerprint density at radius 3 is 2.53 bits per heavy atom. The van der Waals surface area contributed by atoms with E-state index in [-0.39, 0.29) is 5.91 Å². The van der Waals surface area contributed by atoms with Crippen molar-refractivity contribution in [2.45, 2.75) is 25.7 Å². The second-order valence-electron chi connectivity index (χ2n) is 7.48. The summed E-state index contributed by atoms with van der Waals surface area (Å²) in [7, 11) is 0. The molecule has 4 rings (SSSR count). The maximum absolute atomic E-state index is 13.2. The summed E-state index contributed by atoms with van der Waals surface area (Å²) in [5, 5.41) is 8.28. The van der Waals surface area contributed by atoms with Gasteiger partial charge in [-0.3, -0.25) is 4.79 Å². The van der Waals surface area contributed by atoms with Gasteiger partial charge >= 0.3 is 0 Å². The van der Waals surface area contributed by atoms with Gasteiger partial charge in [-0.25, -0.2) is 9.50 Å². The molecule has 0 saturated heterocycles. The molecule has 0 aliphatic carbocycles. The SMILES string of the molecule is CCNC(=O)C(C)(Cc1ccccc1)c1ccnc2c(-c3ccc(Cl)cc3)cnn12. The molecule has 30 heavy (non-hydrogen) atoms. The number of hydrogen-bond donors (Lipinski definition) is 1. The summed E-state index contributed by atoms with van der Waals surface area (Å²) in [5.74, 6) is -0.0371. The van der Waals surface area contributed by atoms with Crippen molar-refractivity contribution < 1.29 is 4.79 Å². The van der Waals surface area contributed by atoms with E-state index < -0.39 is 5.41 Å². The standard InChI is InChI=1S/C24H23ClN4O/c1-3-26-23(30)24(2,15-17-7-5-4-6-8-17)21-13-14-27-22-20(16-28-29(21)22)18-9-11-19(25)12-10-18/h4-14,16H,3,15H2,1-2H3,(H,26,30). The molecule has 1 atom stereocenters. The molecule has 4 aromatic rings. The van der Waals surface area contributed by atoms with Crippen LogP contribution < -0.4 is 5.32 Å². The molecule has 0 fully saturated rings. The van der Waals surface area contributed by atoms with E-state index in [2.05, 4.69) is 15.4 Å². The zero-order chi connectivity index (χ0) is 21.1. The lowest BCUT2D eigenvalue weighted by molar-refractivity contribution is -0.126. The first-order valence-corrected chi connectivity index (χ1v) is 10.3. The van der Waals surface area contributed by atoms with E-state index in [9.17, 15) is 4.79 Å². The first kappa shape index (κ1) is 20.1. The Morgan fingerprint density at radius 1 is 1.10 bits per heavy atom. The second kappa shape index (κ2) is 8.28. The number of carbonyl (C=O) groups excluding carboxylic acids is 1. The van der Waals surface area contributed by atoms with Gasteiger partial charge in [0.1, 0.15) is 0 Å². The van der Waals surface area contributed by atoms with Crippen molar-refractivity contribution >= 4 is 23.2 Å². The van der Waals surface area contributed by atoms with Crippen molar-refractivity contribution in [1.29, 1.82) is 0 Å². The fourth-order valence-corrected chi connectivity index (χ4v) is 3.92. The van der Waals surface area contributed by atoms with E-state index in [1.165, 1.54) is 0 Å². The highest BCUT2D eigenvalue weighted by Gasteiger charge is 2.38. The number of amides is 1. The van der Waals surface area contributed by atoms with E-state index in [0.717, 1.165) is 22.4 Å². The third-order valence-corrected chi connectivity index (χ3v) is 5.61. The van der Waals surface area contributed by atoms with Crippen LogP contribution in [0, 0.1) is 0 Å². The third kappa shape index (κ3) is 3.68. The fourth-order valence-electron chi connectivity index (χ4n) is 3.79. The molecule has 0 spiro atoms. The highest BCUT2D eigenvalue weighted by molar-refractivity contribution is 6.30. The van der Waals surface area contributed by atoms with Crippen LogP contribution in [0.4, 0.5) is 0 Å². The number of hydrogen-bond acceptors (Lipinski definition) is 3. The number of likely N-dealkylation sites (N-methyl/N-ethyl adjacent to an activating group) is 1. The summed E-state index contributed by atoms with van der Waals surface area (Å²) in [6.07, 6.45) is 4.08. The lowest BCUT2D eigenvalue weighted by Gasteiger charge is -2.29. The molecule has 6 heteroatoms. The third-order valence-electron chi connectivity index (χ3n) is 5.36. The van der Waals surface area contributed by atoms with E-state index in [0.29, 0.717) is 23.6 Å². The number of nitrogens with one attached hydrogen (secondary N) is 1. The molecular formula is C24H23ClN4O. The number of carbonyl (C=O) groups is 1. The number of rotatable bonds is 6. The van der Waals surface area contributed by atoms with Crippen LogP contribution in [-0.4, -0.2) is 27.0 Å². The van der Waals surface area contributed by atoms with E-state index >= 15 is 0 Å². The predicted molar refractivity (Wildman–Crippen MR) is 120 cm³/mol. The van der Waals surface area contributed by atoms with E-state index in [1.54, 1.807) is 16.9 Å². The van der Waals surface area contributed by atoms with Gasteiger partial charge in [0.05, 0.1) is 17.3 Å². The topological polar surface area (TPSA) is 59.3 Å². The van der Waals surface area contributed by atoms with Gasteiger partial charge in [0.15, 0.2) is 5.65 Å². The molecular weight excluding hydrogens is 396 g/mol. The van der Waals surface area contributed by atoms with Crippen LogP contribution in [0.5, 0.6) is 0 Å². The molecule has 5 nitrogen and oxygen atoms in total. The van der Waals surface area contributed by atoms with Gasteiger partial charge in [-0.1, -0.05) is 54.1 Å². The van der Waals surface area contributed by atoms with Crippen molar-refractivity contribution in [2.24, 2.45) is 0 Å². The van der Waals surface area contributed by atoms with Crippen LogP contribution in [0.3, 0.4) is 0 Å². The van der Waals surface area contributed by atoms with Gasteiger partial charge in [-0.05, 0) is 49.6 Å². The molecule has 1 unspecified atom stereocenters. The number of nitrogens with zero attached hydrogens (tertiary/aromatic N) is 3. The minimum atomic E-state index is -0.818. The number of fused-ring (bicyclic) bond motifs is 1. The Morgan fingerprint density at radius 2 is 1.83 bits per heavy atom. The minimum absolute atomic E-state index is 0.0371. The van der Waals surface area contributed by atoms with Crippen LogP contribution in [0.2, 0.25) is 5.02 Å². The van der Waals surface area contributed by atoms with Gasteiger partial charge in [0.2, 0.25) is 5.91 Å². The van der Waals surface area contributed by atoms with Crippen molar-refractivity contribution in [3.63, 3.8) is 0 Å². The van der Waals surface area contributed by atoms with Gasteiger partial charge in [0.25, 0.3) is 0 Å². The van der Waals surface area contributed by atoms with Crippen LogP contribution in [0.15, 0.2) is 73.1 Å². The summed E-state index contributed by atoms with van der Waals surface area (Å²) >= 11 is 6.04. The van der Waals surface area contributed by atoms with Crippen LogP contribution in [-0.2, 0) is 16.6 Å². The molecule has 2 heterocycles. The average Bonchev–Trinajstić information content (AvgIpc) is 3.19. The first-order chi connectivity index (χ1) is 14.5. The molecule has 152 valence electrons. The second-order valence-corrected chi connectivity index (χ2v) is 7.92. The lowest BCUT2D eigenvalue weighted by Crippen LogP contribution is -2.45. The minimum Gasteiger partial charge on any atom is -0.356 e. The fraction of sp³-hybridized carbons (Fsp3) is 0.208. The van der Waals surface area contributed by atoms with Crippen molar-refractivity contribution in [3.8, 4) is 11.1 Å². The molecule has 1 amide bonds. The van der Waals surface area contributed by atoms with Crippen molar-refractivity contribution in [1.82, 2.24) is 19.9 Å². The zero-order valence-corrected chi connectivity index (χ0v) is 17.7. The maximum Gasteiger partial charge on any atom is 0.232 e. The summed E-state index contributed by atoms with van der Waals surface area (Å²) in [4.78, 5) is 17.8. The number of aromatic nitrogens is 3. The lowest BCUT2D eigenvalue weighted by atomic mass is 9.79. The highest BCUT2D eigenvalue weighted by atomic mass is 35.5. The number of benzene rings is 2. The van der Waals surface area contributed by atoms with Crippen LogP contribution in [0.25, 0.3) is 16.8 Å². The summed E-state index contributed by atoms with van der Waals surface area (Å²) in [6.45, 7) is 4.45. The molecule has 0 radical (unpaired) electrons. The molecule has 0 saturated carbocycles. The molecule has 0 aliphatic heterocycles.